The molecular weight excluding hydrogens is 338 g/mol. The van der Waals surface area contributed by atoms with Gasteiger partial charge in [-0.25, -0.2) is 0 Å². The number of hydrogen-bond donors (Lipinski definition) is 1. The summed E-state index contributed by atoms with van der Waals surface area (Å²) in [5.41, 5.74) is 3.27. The van der Waals surface area contributed by atoms with E-state index in [0.29, 0.717) is 16.7 Å². The zero-order chi connectivity index (χ0) is 21.1. The molecule has 0 amide bonds. The van der Waals surface area contributed by atoms with Gasteiger partial charge in [0.25, 0.3) is 0 Å². The minimum atomic E-state index is 0.463. The number of rotatable bonds is 1. The zero-order valence-electron chi connectivity index (χ0n) is 20.2. The molecule has 0 aromatic heterocycles. The van der Waals surface area contributed by atoms with E-state index in [0.717, 1.165) is 29.4 Å². The van der Waals surface area contributed by atoms with Crippen LogP contribution in [0.4, 0.5) is 0 Å². The number of hydrogen-bond acceptors (Lipinski definition) is 1. The molecule has 28 heavy (non-hydrogen) atoms. The van der Waals surface area contributed by atoms with Crippen LogP contribution in [0.3, 0.4) is 0 Å². The van der Waals surface area contributed by atoms with E-state index in [9.17, 15) is 0 Å². The van der Waals surface area contributed by atoms with Gasteiger partial charge in [-0.2, -0.15) is 0 Å². The molecule has 7 atom stereocenters. The Hall–Kier alpha value is -0.590. The van der Waals surface area contributed by atoms with Crippen molar-refractivity contribution < 1.29 is 0 Å². The van der Waals surface area contributed by atoms with Crippen molar-refractivity contribution in [1.82, 2.24) is 0 Å². The van der Waals surface area contributed by atoms with Gasteiger partial charge in [-0.05, 0) is 107 Å². The molecule has 7 unspecified atom stereocenters. The zero-order valence-corrected chi connectivity index (χ0v) is 20.2. The molecule has 0 aromatic carbocycles. The second kappa shape index (κ2) is 9.48. The first-order valence-corrected chi connectivity index (χ1v) is 12.4. The standard InChI is InChI=1S/C21H35N.C4H8.C2H6/c1-14(22)17-9-10-18-16-8-7-15-6-4-5-12-20(15,2)19(16)11-13-21(17,18)3;1-4(2)3;1-2/h15-19,22H,4-13H2,1-3H3;1H2,2-3H3;1-2H3. The summed E-state index contributed by atoms with van der Waals surface area (Å²) in [7, 11) is 0. The van der Waals surface area contributed by atoms with Gasteiger partial charge in [0.1, 0.15) is 0 Å². The lowest BCUT2D eigenvalue weighted by atomic mass is 9.45. The van der Waals surface area contributed by atoms with Gasteiger partial charge in [0, 0.05) is 11.6 Å². The molecule has 0 bridgehead atoms. The second-order valence-corrected chi connectivity index (χ2v) is 11.0. The average molecular weight is 388 g/mol. The number of allylic oxidation sites excluding steroid dienone is 1. The lowest BCUT2D eigenvalue weighted by Crippen LogP contribution is -2.53. The monoisotopic (exact) mass is 387 g/mol. The van der Waals surface area contributed by atoms with E-state index in [-0.39, 0.29) is 0 Å². The van der Waals surface area contributed by atoms with E-state index in [2.05, 4.69) is 27.4 Å². The molecule has 0 radical (unpaired) electrons. The Morgan fingerprint density at radius 2 is 1.39 bits per heavy atom. The Morgan fingerprint density at radius 3 is 2.00 bits per heavy atom. The van der Waals surface area contributed by atoms with Gasteiger partial charge in [0.05, 0.1) is 0 Å². The van der Waals surface area contributed by atoms with Gasteiger partial charge in [0.15, 0.2) is 0 Å². The molecule has 1 heteroatoms. The van der Waals surface area contributed by atoms with Crippen molar-refractivity contribution in [2.75, 3.05) is 0 Å². The SMILES string of the molecule is C=C(C)C.CC.CC(=N)C1CCC2C3CCC4CCCCC4(C)C3CCC12C. The van der Waals surface area contributed by atoms with E-state index >= 15 is 0 Å². The predicted octanol–water partition coefficient (Wildman–Crippen LogP) is 8.68. The fourth-order valence-corrected chi connectivity index (χ4v) is 8.01. The maximum absolute atomic E-state index is 8.26. The van der Waals surface area contributed by atoms with Crippen LogP contribution in [0.2, 0.25) is 0 Å². The summed E-state index contributed by atoms with van der Waals surface area (Å²) in [6.07, 6.45) is 14.6. The molecule has 4 aliphatic carbocycles. The quantitative estimate of drug-likeness (QED) is 0.343. The highest BCUT2D eigenvalue weighted by molar-refractivity contribution is 5.82. The van der Waals surface area contributed by atoms with E-state index in [4.69, 9.17) is 5.41 Å². The third kappa shape index (κ3) is 4.29. The van der Waals surface area contributed by atoms with Gasteiger partial charge in [-0.3, -0.25) is 0 Å². The fourth-order valence-electron chi connectivity index (χ4n) is 8.01. The van der Waals surface area contributed by atoms with Gasteiger partial charge >= 0.3 is 0 Å². The molecule has 4 aliphatic rings. The number of fused-ring (bicyclic) bond motifs is 5. The summed E-state index contributed by atoms with van der Waals surface area (Å²) in [4.78, 5) is 0. The highest BCUT2D eigenvalue weighted by Crippen LogP contribution is 2.67. The van der Waals surface area contributed by atoms with Crippen LogP contribution in [0.5, 0.6) is 0 Å². The Morgan fingerprint density at radius 1 is 0.786 bits per heavy atom. The van der Waals surface area contributed by atoms with Crippen molar-refractivity contribution in [3.63, 3.8) is 0 Å². The summed E-state index contributed by atoms with van der Waals surface area (Å²) < 4.78 is 0. The van der Waals surface area contributed by atoms with E-state index < -0.39 is 0 Å². The van der Waals surface area contributed by atoms with Crippen LogP contribution in [0.15, 0.2) is 12.2 Å². The molecule has 1 nitrogen and oxygen atoms in total. The molecule has 0 aliphatic heterocycles. The van der Waals surface area contributed by atoms with E-state index in [1.807, 2.05) is 27.7 Å². The Balaban J connectivity index is 0.000000419. The minimum Gasteiger partial charge on any atom is -0.310 e. The summed E-state index contributed by atoms with van der Waals surface area (Å²) in [5, 5.41) is 8.26. The molecule has 4 saturated carbocycles. The lowest BCUT2D eigenvalue weighted by molar-refractivity contribution is -0.106. The molecule has 0 aromatic rings. The normalized spacial score (nSPS) is 43.8. The first-order chi connectivity index (χ1) is 13.2. The minimum absolute atomic E-state index is 0.463. The summed E-state index contributed by atoms with van der Waals surface area (Å²) in [6, 6.07) is 0. The Labute approximate surface area is 176 Å². The average Bonchev–Trinajstić information content (AvgIpc) is 3.00. The Kier molecular flexibility index (Phi) is 8.02. The molecule has 162 valence electrons. The van der Waals surface area contributed by atoms with Crippen molar-refractivity contribution in [3.8, 4) is 0 Å². The van der Waals surface area contributed by atoms with E-state index in [1.165, 1.54) is 69.8 Å². The second-order valence-electron chi connectivity index (χ2n) is 11.0. The maximum atomic E-state index is 8.26. The van der Waals surface area contributed by atoms with Crippen LogP contribution in [0.25, 0.3) is 0 Å². The van der Waals surface area contributed by atoms with Crippen LogP contribution >= 0.6 is 0 Å². The van der Waals surface area contributed by atoms with Crippen LogP contribution in [-0.4, -0.2) is 5.71 Å². The topological polar surface area (TPSA) is 23.9 Å². The first kappa shape index (κ1) is 23.7. The molecular formula is C27H49N. The highest BCUT2D eigenvalue weighted by atomic mass is 14.7. The van der Waals surface area contributed by atoms with Crippen LogP contribution in [0.1, 0.15) is 113 Å². The van der Waals surface area contributed by atoms with Gasteiger partial charge < -0.3 is 5.41 Å². The molecule has 0 saturated heterocycles. The number of nitrogens with one attached hydrogen (secondary N) is 1. The third-order valence-corrected chi connectivity index (χ3v) is 9.11. The van der Waals surface area contributed by atoms with E-state index in [1.54, 1.807) is 0 Å². The molecule has 4 rings (SSSR count). The van der Waals surface area contributed by atoms with Crippen LogP contribution in [-0.2, 0) is 0 Å². The van der Waals surface area contributed by atoms with Crippen molar-refractivity contribution in [2.45, 2.75) is 113 Å². The molecule has 1 N–H and O–H groups in total. The van der Waals surface area contributed by atoms with Crippen molar-refractivity contribution in [3.05, 3.63) is 12.2 Å². The lowest BCUT2D eigenvalue weighted by Gasteiger charge is -2.60. The maximum Gasteiger partial charge on any atom is 0.00946 e. The summed E-state index contributed by atoms with van der Waals surface area (Å²) >= 11 is 0. The van der Waals surface area contributed by atoms with Gasteiger partial charge in [-0.1, -0.05) is 46.1 Å². The van der Waals surface area contributed by atoms with Gasteiger partial charge in [-0.15, -0.1) is 6.58 Å². The Bertz CT molecular complexity index is 544. The highest BCUT2D eigenvalue weighted by Gasteiger charge is 2.59. The van der Waals surface area contributed by atoms with Crippen LogP contribution in [0, 0.1) is 45.8 Å². The van der Waals surface area contributed by atoms with Crippen molar-refractivity contribution >= 4 is 5.71 Å². The van der Waals surface area contributed by atoms with Crippen molar-refractivity contribution in [2.24, 2.45) is 40.4 Å². The van der Waals surface area contributed by atoms with Crippen LogP contribution < -0.4 is 0 Å². The summed E-state index contributed by atoms with van der Waals surface area (Å²) in [5.74, 6) is 4.55. The summed E-state index contributed by atoms with van der Waals surface area (Å²) in [6.45, 7) is 18.8. The van der Waals surface area contributed by atoms with Crippen molar-refractivity contribution in [1.29, 1.82) is 5.41 Å². The third-order valence-electron chi connectivity index (χ3n) is 9.11. The molecule has 0 heterocycles. The smallest absolute Gasteiger partial charge is 0.00946 e. The molecule has 0 spiro atoms. The fraction of sp³-hybridized carbons (Fsp3) is 0.889. The predicted molar refractivity (Wildman–Crippen MR) is 125 cm³/mol. The largest absolute Gasteiger partial charge is 0.310 e. The van der Waals surface area contributed by atoms with Gasteiger partial charge in [0.2, 0.25) is 0 Å². The first-order valence-electron chi connectivity index (χ1n) is 12.4. The molecule has 4 fully saturated rings.